The molecular weight excluding hydrogens is 329 g/mol. The zero-order valence-corrected chi connectivity index (χ0v) is 14.9. The van der Waals surface area contributed by atoms with E-state index in [0.29, 0.717) is 5.57 Å². The summed E-state index contributed by atoms with van der Waals surface area (Å²) in [5, 5.41) is 8.59. The summed E-state index contributed by atoms with van der Waals surface area (Å²) in [6.07, 6.45) is 2.48. The minimum absolute atomic E-state index is 0.220. The molecule has 2 nitrogen and oxygen atoms in total. The number of aliphatic carboxylic acids is 1. The molecule has 0 atom stereocenters. The lowest BCUT2D eigenvalue weighted by Gasteiger charge is -2.31. The molecule has 0 heterocycles. The fourth-order valence-corrected chi connectivity index (χ4v) is 2.77. The molecule has 1 aliphatic rings. The molecular formula is C20H23F3O2. The number of allylic oxidation sites excluding steroid dienone is 7. The molecule has 1 aliphatic carbocycles. The molecule has 1 N–H and O–H groups in total. The van der Waals surface area contributed by atoms with E-state index in [1.165, 1.54) is 19.1 Å². The average Bonchev–Trinajstić information content (AvgIpc) is 2.42. The second kappa shape index (κ2) is 8.24. The molecule has 0 aliphatic heterocycles. The lowest BCUT2D eigenvalue weighted by atomic mass is 9.73. The Morgan fingerprint density at radius 3 is 2.48 bits per heavy atom. The molecule has 0 aromatic carbocycles. The molecule has 0 saturated heterocycles. The van der Waals surface area contributed by atoms with E-state index in [4.69, 9.17) is 5.11 Å². The molecule has 0 unspecified atom stereocenters. The van der Waals surface area contributed by atoms with Crippen molar-refractivity contribution in [3.8, 4) is 11.8 Å². The van der Waals surface area contributed by atoms with Crippen LogP contribution in [0.2, 0.25) is 0 Å². The highest BCUT2D eigenvalue weighted by molar-refractivity contribution is 5.81. The van der Waals surface area contributed by atoms with Crippen LogP contribution in [0.1, 0.15) is 47.0 Å². The molecule has 0 aromatic rings. The van der Waals surface area contributed by atoms with E-state index >= 15 is 0 Å². The van der Waals surface area contributed by atoms with Crippen LogP contribution in [-0.4, -0.2) is 17.3 Å². The largest absolute Gasteiger partial charge is 0.478 e. The highest BCUT2D eigenvalue weighted by Crippen LogP contribution is 2.39. The predicted molar refractivity (Wildman–Crippen MR) is 92.8 cm³/mol. The van der Waals surface area contributed by atoms with Crippen LogP contribution in [0.15, 0.2) is 46.6 Å². The third-order valence-electron chi connectivity index (χ3n) is 4.06. The lowest BCUT2D eigenvalue weighted by Crippen LogP contribution is -2.19. The highest BCUT2D eigenvalue weighted by atomic mass is 19.4. The van der Waals surface area contributed by atoms with Crippen molar-refractivity contribution in [1.29, 1.82) is 0 Å². The maximum absolute atomic E-state index is 13.2. The maximum atomic E-state index is 13.2. The van der Waals surface area contributed by atoms with E-state index in [1.807, 2.05) is 20.8 Å². The molecule has 25 heavy (non-hydrogen) atoms. The summed E-state index contributed by atoms with van der Waals surface area (Å²) in [5.41, 5.74) is 0.988. The number of hydrogen-bond donors (Lipinski definition) is 1. The standard InChI is InChI=1S/C20H23F3O2/c1-14(13-18(24)25)7-5-9-16(20(21,22)23)10-11-17-15(2)8-6-12-19(17,3)4/h5,7,9,13H,6,8,12H2,1-4H3,(H,24,25)/b7-5+,14-13+,16-9-. The Morgan fingerprint density at radius 1 is 1.32 bits per heavy atom. The quantitative estimate of drug-likeness (QED) is 0.408. The Morgan fingerprint density at radius 2 is 1.96 bits per heavy atom. The summed E-state index contributed by atoms with van der Waals surface area (Å²) in [6, 6.07) is 0. The van der Waals surface area contributed by atoms with Gasteiger partial charge in [0, 0.05) is 11.6 Å². The van der Waals surface area contributed by atoms with Gasteiger partial charge >= 0.3 is 12.1 Å². The second-order valence-corrected chi connectivity index (χ2v) is 6.81. The second-order valence-electron chi connectivity index (χ2n) is 6.81. The van der Waals surface area contributed by atoms with Crippen molar-refractivity contribution < 1.29 is 23.1 Å². The normalized spacial score (nSPS) is 19.0. The van der Waals surface area contributed by atoms with Gasteiger partial charge < -0.3 is 5.11 Å². The Labute approximate surface area is 146 Å². The van der Waals surface area contributed by atoms with Gasteiger partial charge in [0.25, 0.3) is 0 Å². The molecule has 1 rings (SSSR count). The summed E-state index contributed by atoms with van der Waals surface area (Å²) in [5.74, 6) is 3.86. The lowest BCUT2D eigenvalue weighted by molar-refractivity contribution is -0.131. The van der Waals surface area contributed by atoms with Crippen LogP contribution >= 0.6 is 0 Å². The van der Waals surface area contributed by atoms with Gasteiger partial charge in [-0.15, -0.1) is 0 Å². The van der Waals surface area contributed by atoms with Crippen LogP contribution in [0.25, 0.3) is 0 Å². The first-order valence-electron chi connectivity index (χ1n) is 8.02. The Bertz CT molecular complexity index is 705. The third-order valence-corrected chi connectivity index (χ3v) is 4.06. The van der Waals surface area contributed by atoms with Crippen molar-refractivity contribution >= 4 is 5.97 Å². The van der Waals surface area contributed by atoms with Gasteiger partial charge in [-0.2, -0.15) is 13.2 Å². The summed E-state index contributed by atoms with van der Waals surface area (Å²) < 4.78 is 39.5. The van der Waals surface area contributed by atoms with Gasteiger partial charge in [-0.25, -0.2) is 4.79 Å². The van der Waals surface area contributed by atoms with E-state index in [1.54, 1.807) is 0 Å². The van der Waals surface area contributed by atoms with Crippen LogP contribution in [0.5, 0.6) is 0 Å². The highest BCUT2D eigenvalue weighted by Gasteiger charge is 2.33. The fourth-order valence-electron chi connectivity index (χ4n) is 2.77. The van der Waals surface area contributed by atoms with E-state index in [0.717, 1.165) is 42.6 Å². The molecule has 0 fully saturated rings. The topological polar surface area (TPSA) is 37.3 Å². The van der Waals surface area contributed by atoms with Gasteiger partial charge in [0.15, 0.2) is 0 Å². The van der Waals surface area contributed by atoms with Crippen molar-refractivity contribution in [3.63, 3.8) is 0 Å². The molecule has 0 amide bonds. The van der Waals surface area contributed by atoms with E-state index in [2.05, 4.69) is 11.8 Å². The van der Waals surface area contributed by atoms with Gasteiger partial charge in [-0.05, 0) is 50.2 Å². The van der Waals surface area contributed by atoms with E-state index in [9.17, 15) is 18.0 Å². The van der Waals surface area contributed by atoms with Crippen LogP contribution < -0.4 is 0 Å². The SMILES string of the molecule is CC1=C(C#C/C(=C/C=C/C(C)=C/C(=O)O)C(F)(F)F)C(C)(C)CCC1. The zero-order valence-electron chi connectivity index (χ0n) is 14.9. The first kappa shape index (κ1) is 20.8. The monoisotopic (exact) mass is 352 g/mol. The van der Waals surface area contributed by atoms with Crippen molar-refractivity contribution in [1.82, 2.24) is 0 Å². The van der Waals surface area contributed by atoms with E-state index in [-0.39, 0.29) is 5.41 Å². The fraction of sp³-hybridized carbons (Fsp3) is 0.450. The summed E-state index contributed by atoms with van der Waals surface area (Å²) >= 11 is 0. The molecule has 5 heteroatoms. The minimum atomic E-state index is -4.56. The number of carboxylic acids is 1. The molecule has 136 valence electrons. The van der Waals surface area contributed by atoms with Gasteiger partial charge in [0.05, 0.1) is 0 Å². The van der Waals surface area contributed by atoms with Gasteiger partial charge in [-0.1, -0.05) is 43.4 Å². The van der Waals surface area contributed by atoms with Crippen LogP contribution in [-0.2, 0) is 4.79 Å². The maximum Gasteiger partial charge on any atom is 0.424 e. The third kappa shape index (κ3) is 6.66. The number of carboxylic acid groups (broad SMARTS) is 1. The molecule has 0 radical (unpaired) electrons. The molecule has 0 bridgehead atoms. The Balaban J connectivity index is 3.18. The smallest absolute Gasteiger partial charge is 0.424 e. The Kier molecular flexibility index (Phi) is 6.87. The number of hydrogen-bond acceptors (Lipinski definition) is 1. The summed E-state index contributed by atoms with van der Waals surface area (Å²) in [7, 11) is 0. The van der Waals surface area contributed by atoms with Crippen molar-refractivity contribution in [2.75, 3.05) is 0 Å². The number of alkyl halides is 3. The van der Waals surface area contributed by atoms with Crippen molar-refractivity contribution in [3.05, 3.63) is 46.6 Å². The summed E-state index contributed by atoms with van der Waals surface area (Å²) in [4.78, 5) is 10.5. The number of carbonyl (C=O) groups is 1. The van der Waals surface area contributed by atoms with Crippen LogP contribution in [0.3, 0.4) is 0 Å². The first-order chi connectivity index (χ1) is 11.4. The first-order valence-corrected chi connectivity index (χ1v) is 8.02. The average molecular weight is 352 g/mol. The van der Waals surface area contributed by atoms with Gasteiger partial charge in [0.1, 0.15) is 5.57 Å². The van der Waals surface area contributed by atoms with E-state index < -0.39 is 17.7 Å². The molecule has 0 aromatic heterocycles. The minimum Gasteiger partial charge on any atom is -0.478 e. The molecule has 0 spiro atoms. The number of rotatable bonds is 3. The zero-order chi connectivity index (χ0) is 19.3. The van der Waals surface area contributed by atoms with Crippen LogP contribution in [0.4, 0.5) is 13.2 Å². The van der Waals surface area contributed by atoms with Crippen molar-refractivity contribution in [2.45, 2.75) is 53.1 Å². The van der Waals surface area contributed by atoms with Gasteiger partial charge in [-0.3, -0.25) is 0 Å². The van der Waals surface area contributed by atoms with Crippen molar-refractivity contribution in [2.24, 2.45) is 5.41 Å². The number of halogens is 3. The Hall–Kier alpha value is -2.22. The van der Waals surface area contributed by atoms with Crippen LogP contribution in [0, 0.1) is 17.3 Å². The summed E-state index contributed by atoms with van der Waals surface area (Å²) in [6.45, 7) is 7.41. The predicted octanol–water partition coefficient (Wildman–Crippen LogP) is 5.59. The molecule has 0 saturated carbocycles. The van der Waals surface area contributed by atoms with Gasteiger partial charge in [0.2, 0.25) is 0 Å².